The molecule has 0 radical (unpaired) electrons. The highest BCUT2D eigenvalue weighted by atomic mass is 16.6. The summed E-state index contributed by atoms with van der Waals surface area (Å²) in [5, 5.41) is 16.7. The third kappa shape index (κ3) is 11.7. The summed E-state index contributed by atoms with van der Waals surface area (Å²) in [4.78, 5) is 0. The van der Waals surface area contributed by atoms with Crippen LogP contribution in [0.25, 0.3) is 0 Å². The predicted molar refractivity (Wildman–Crippen MR) is 54.0 cm³/mol. The number of unbranched alkanes of at least 4 members (excludes halogenated alkanes) is 3. The lowest BCUT2D eigenvalue weighted by Gasteiger charge is -2.00. The van der Waals surface area contributed by atoms with Crippen molar-refractivity contribution in [1.82, 2.24) is 0 Å². The molecule has 0 rings (SSSR count). The van der Waals surface area contributed by atoms with E-state index in [-0.39, 0.29) is 0 Å². The van der Waals surface area contributed by atoms with Gasteiger partial charge in [-0.05, 0) is 25.7 Å². The molecule has 0 aliphatic heterocycles. The Labute approximate surface area is 80.6 Å². The lowest BCUT2D eigenvalue weighted by atomic mass is 10.2. The van der Waals surface area contributed by atoms with Crippen molar-refractivity contribution < 1.29 is 14.7 Å². The highest BCUT2D eigenvalue weighted by Gasteiger charge is 2.05. The summed E-state index contributed by atoms with van der Waals surface area (Å²) in [6.07, 6.45) is 9.63. The van der Waals surface area contributed by atoms with Gasteiger partial charge in [-0.15, -0.1) is 0 Å². The van der Waals surface area contributed by atoms with Crippen LogP contribution in [-0.4, -0.2) is 24.0 Å². The minimum atomic E-state index is -1.62. The van der Waals surface area contributed by atoms with Crippen LogP contribution >= 0.6 is 0 Å². The second-order valence-corrected chi connectivity index (χ2v) is 2.95. The van der Waals surface area contributed by atoms with Crippen molar-refractivity contribution in [2.24, 2.45) is 0 Å². The Morgan fingerprint density at radius 3 is 2.46 bits per heavy atom. The predicted octanol–water partition coefficient (Wildman–Crippen LogP) is 1.50. The highest BCUT2D eigenvalue weighted by Crippen LogP contribution is 1.99. The molecule has 4 heteroatoms. The molecule has 0 aromatic carbocycles. The first-order valence-electron chi connectivity index (χ1n) is 4.90. The van der Waals surface area contributed by atoms with Crippen LogP contribution in [-0.2, 0) is 4.65 Å². The van der Waals surface area contributed by atoms with Crippen LogP contribution in [0.4, 0.5) is 0 Å². The normalized spacial score (nSPS) is 11.0. The van der Waals surface area contributed by atoms with Gasteiger partial charge in [0.1, 0.15) is 0 Å². The van der Waals surface area contributed by atoms with Crippen molar-refractivity contribution in [3.63, 3.8) is 0 Å². The summed E-state index contributed by atoms with van der Waals surface area (Å²) >= 11 is 0. The zero-order valence-corrected chi connectivity index (χ0v) is 8.28. The van der Waals surface area contributed by atoms with E-state index in [0.717, 1.165) is 25.7 Å². The lowest BCUT2D eigenvalue weighted by Crippen LogP contribution is -2.17. The average molecular weight is 186 g/mol. The van der Waals surface area contributed by atoms with Crippen molar-refractivity contribution in [3.8, 4) is 0 Å². The van der Waals surface area contributed by atoms with Crippen molar-refractivity contribution in [1.29, 1.82) is 0 Å². The maximum absolute atomic E-state index is 8.34. The first kappa shape index (κ1) is 12.7. The van der Waals surface area contributed by atoms with E-state index in [1.807, 2.05) is 0 Å². The van der Waals surface area contributed by atoms with Crippen LogP contribution in [0.2, 0.25) is 0 Å². The number of allylic oxidation sites excluding steroid dienone is 2. The van der Waals surface area contributed by atoms with Gasteiger partial charge in [0, 0.05) is 6.61 Å². The molecule has 0 atom stereocenters. The number of hydrogen-bond donors (Lipinski definition) is 2. The van der Waals surface area contributed by atoms with E-state index in [2.05, 4.69) is 23.7 Å². The summed E-state index contributed by atoms with van der Waals surface area (Å²) in [6.45, 7) is 2.57. The molecular weight excluding hydrogens is 167 g/mol. The zero-order chi connectivity index (χ0) is 9.94. The molecule has 0 fully saturated rings. The molecular formula is C9H19BO3. The van der Waals surface area contributed by atoms with Gasteiger partial charge in [-0.1, -0.05) is 25.5 Å². The first-order valence-corrected chi connectivity index (χ1v) is 4.90. The van der Waals surface area contributed by atoms with Crippen LogP contribution in [0.1, 0.15) is 39.0 Å². The molecule has 0 amide bonds. The molecule has 0 saturated carbocycles. The van der Waals surface area contributed by atoms with Gasteiger partial charge in [-0.2, -0.15) is 0 Å². The molecule has 0 spiro atoms. The molecule has 0 heterocycles. The Morgan fingerprint density at radius 1 is 1.15 bits per heavy atom. The molecule has 76 valence electrons. The van der Waals surface area contributed by atoms with Gasteiger partial charge >= 0.3 is 7.32 Å². The fraction of sp³-hybridized carbons (Fsp3) is 0.778. The molecule has 2 N–H and O–H groups in total. The van der Waals surface area contributed by atoms with Crippen molar-refractivity contribution in [2.75, 3.05) is 6.61 Å². The van der Waals surface area contributed by atoms with Gasteiger partial charge < -0.3 is 14.7 Å². The maximum atomic E-state index is 8.34. The minimum absolute atomic E-state index is 0.416. The SMILES string of the molecule is CCCC=CCCCCOB(O)O. The molecule has 0 bridgehead atoms. The highest BCUT2D eigenvalue weighted by molar-refractivity contribution is 6.32. The van der Waals surface area contributed by atoms with Crippen LogP contribution in [0.3, 0.4) is 0 Å². The molecule has 13 heavy (non-hydrogen) atoms. The standard InChI is InChI=1S/C9H19BO3/c1-2-3-4-5-6-7-8-9-13-10(11)12/h4-5,11-12H,2-3,6-9H2,1H3. The summed E-state index contributed by atoms with van der Waals surface area (Å²) in [5.74, 6) is 0. The fourth-order valence-corrected chi connectivity index (χ4v) is 0.955. The van der Waals surface area contributed by atoms with Gasteiger partial charge in [0.15, 0.2) is 0 Å². The first-order chi connectivity index (χ1) is 6.27. The van der Waals surface area contributed by atoms with Crippen LogP contribution in [0, 0.1) is 0 Å². The van der Waals surface area contributed by atoms with Gasteiger partial charge in [0.25, 0.3) is 0 Å². The van der Waals surface area contributed by atoms with Crippen LogP contribution in [0.5, 0.6) is 0 Å². The van der Waals surface area contributed by atoms with E-state index in [1.165, 1.54) is 6.42 Å². The van der Waals surface area contributed by atoms with Crippen molar-refractivity contribution >= 4 is 7.32 Å². The van der Waals surface area contributed by atoms with E-state index in [9.17, 15) is 0 Å². The molecule has 3 nitrogen and oxygen atoms in total. The minimum Gasteiger partial charge on any atom is -0.402 e. The van der Waals surface area contributed by atoms with Gasteiger partial charge in [-0.3, -0.25) is 0 Å². The van der Waals surface area contributed by atoms with Crippen LogP contribution in [0.15, 0.2) is 12.2 Å². The Hall–Kier alpha value is -0.315. The lowest BCUT2D eigenvalue weighted by molar-refractivity contribution is 0.182. The largest absolute Gasteiger partial charge is 0.633 e. The Bertz CT molecular complexity index is 126. The van der Waals surface area contributed by atoms with Crippen LogP contribution < -0.4 is 0 Å². The Balaban J connectivity index is 2.99. The summed E-state index contributed by atoms with van der Waals surface area (Å²) in [6, 6.07) is 0. The molecule has 0 aliphatic rings. The number of hydrogen-bond acceptors (Lipinski definition) is 3. The summed E-state index contributed by atoms with van der Waals surface area (Å²) < 4.78 is 4.56. The molecule has 0 unspecified atom stereocenters. The third-order valence-corrected chi connectivity index (χ3v) is 1.65. The average Bonchev–Trinajstić information content (AvgIpc) is 2.09. The monoisotopic (exact) mass is 186 g/mol. The van der Waals surface area contributed by atoms with Gasteiger partial charge in [0.05, 0.1) is 0 Å². The summed E-state index contributed by atoms with van der Waals surface area (Å²) in [7, 11) is -1.62. The molecule has 0 saturated heterocycles. The Morgan fingerprint density at radius 2 is 1.85 bits per heavy atom. The quantitative estimate of drug-likeness (QED) is 0.343. The summed E-state index contributed by atoms with van der Waals surface area (Å²) in [5.41, 5.74) is 0. The topological polar surface area (TPSA) is 49.7 Å². The zero-order valence-electron chi connectivity index (χ0n) is 8.28. The van der Waals surface area contributed by atoms with E-state index in [0.29, 0.717) is 6.61 Å². The van der Waals surface area contributed by atoms with E-state index < -0.39 is 7.32 Å². The molecule has 0 aromatic heterocycles. The maximum Gasteiger partial charge on any atom is 0.633 e. The smallest absolute Gasteiger partial charge is 0.402 e. The van der Waals surface area contributed by atoms with E-state index >= 15 is 0 Å². The van der Waals surface area contributed by atoms with Gasteiger partial charge in [0.2, 0.25) is 0 Å². The molecule has 0 aromatic rings. The number of rotatable bonds is 8. The van der Waals surface area contributed by atoms with E-state index in [1.54, 1.807) is 0 Å². The second-order valence-electron chi connectivity index (χ2n) is 2.95. The Kier molecular flexibility index (Phi) is 9.53. The van der Waals surface area contributed by atoms with Crippen molar-refractivity contribution in [2.45, 2.75) is 39.0 Å². The molecule has 0 aliphatic carbocycles. The second kappa shape index (κ2) is 9.77. The van der Waals surface area contributed by atoms with Gasteiger partial charge in [-0.25, -0.2) is 0 Å². The van der Waals surface area contributed by atoms with E-state index in [4.69, 9.17) is 10.0 Å². The fourth-order valence-electron chi connectivity index (χ4n) is 0.955. The van der Waals surface area contributed by atoms with Crippen molar-refractivity contribution in [3.05, 3.63) is 12.2 Å². The third-order valence-electron chi connectivity index (χ3n) is 1.65.